The summed E-state index contributed by atoms with van der Waals surface area (Å²) in [4.78, 5) is 28.2. The molecule has 0 aliphatic heterocycles. The Balaban J connectivity index is 2.01. The van der Waals surface area contributed by atoms with Crippen LogP contribution >= 0.6 is 27.5 Å². The van der Waals surface area contributed by atoms with Crippen molar-refractivity contribution in [1.29, 1.82) is 0 Å². The molecule has 0 saturated carbocycles. The molecule has 0 spiro atoms. The summed E-state index contributed by atoms with van der Waals surface area (Å²) in [6.07, 6.45) is 1.31. The summed E-state index contributed by atoms with van der Waals surface area (Å²) in [6.45, 7) is -0.373. The average Bonchev–Trinajstić information content (AvgIpc) is 2.85. The first-order valence-corrected chi connectivity index (χ1v) is 14.1. The van der Waals surface area contributed by atoms with Crippen LogP contribution in [0.2, 0.25) is 5.02 Å². The van der Waals surface area contributed by atoms with Gasteiger partial charge in [0, 0.05) is 29.5 Å². The number of sulfonamides is 1. The molecule has 3 rings (SSSR count). The predicted molar refractivity (Wildman–Crippen MR) is 146 cm³/mol. The van der Waals surface area contributed by atoms with E-state index in [1.54, 1.807) is 48.5 Å². The van der Waals surface area contributed by atoms with Crippen LogP contribution in [-0.4, -0.2) is 51.0 Å². The van der Waals surface area contributed by atoms with Gasteiger partial charge < -0.3 is 10.2 Å². The van der Waals surface area contributed by atoms with Crippen LogP contribution in [0.3, 0.4) is 0 Å². The average molecular weight is 593 g/mol. The van der Waals surface area contributed by atoms with Crippen LogP contribution in [0.5, 0.6) is 0 Å². The summed E-state index contributed by atoms with van der Waals surface area (Å²) in [5.41, 5.74) is 1.96. The number of likely N-dealkylation sites (N-methyl/N-ethyl adjacent to an activating group) is 1. The summed E-state index contributed by atoms with van der Waals surface area (Å²) in [5.74, 6) is -0.866. The zero-order valence-corrected chi connectivity index (χ0v) is 23.1. The molecule has 0 aromatic heterocycles. The van der Waals surface area contributed by atoms with Crippen molar-refractivity contribution in [2.45, 2.75) is 19.0 Å². The Morgan fingerprint density at radius 3 is 2.22 bits per heavy atom. The number of amides is 2. The number of nitrogens with zero attached hydrogens (tertiary/aromatic N) is 2. The lowest BCUT2D eigenvalue weighted by molar-refractivity contribution is -0.139. The van der Waals surface area contributed by atoms with E-state index < -0.39 is 28.5 Å². The first kappa shape index (κ1) is 27.7. The van der Waals surface area contributed by atoms with Crippen molar-refractivity contribution < 1.29 is 18.0 Å². The fourth-order valence-electron chi connectivity index (χ4n) is 3.75. The molecule has 3 aromatic rings. The second-order valence-electron chi connectivity index (χ2n) is 8.22. The van der Waals surface area contributed by atoms with E-state index in [2.05, 4.69) is 21.2 Å². The molecule has 0 bridgehead atoms. The van der Waals surface area contributed by atoms with Crippen LogP contribution < -0.4 is 9.62 Å². The van der Waals surface area contributed by atoms with Gasteiger partial charge in [0.1, 0.15) is 12.6 Å². The number of anilines is 1. The van der Waals surface area contributed by atoms with Gasteiger partial charge in [0.2, 0.25) is 21.8 Å². The van der Waals surface area contributed by atoms with Gasteiger partial charge in [-0.15, -0.1) is 0 Å². The minimum Gasteiger partial charge on any atom is -0.357 e. The second-order valence-corrected chi connectivity index (χ2v) is 11.5. The molecule has 0 fully saturated rings. The molecular formula is C26H27BrClN3O4S. The minimum atomic E-state index is -3.81. The largest absolute Gasteiger partial charge is 0.357 e. The molecule has 36 heavy (non-hydrogen) atoms. The maximum Gasteiger partial charge on any atom is 0.244 e. The Morgan fingerprint density at radius 2 is 1.64 bits per heavy atom. The fourth-order valence-corrected chi connectivity index (χ4v) is 5.11. The number of carbonyl (C=O) groups is 2. The first-order valence-electron chi connectivity index (χ1n) is 11.1. The molecule has 1 N–H and O–H groups in total. The Morgan fingerprint density at radius 1 is 0.972 bits per heavy atom. The number of rotatable bonds is 10. The molecule has 1 unspecified atom stereocenters. The van der Waals surface area contributed by atoms with Gasteiger partial charge in [-0.2, -0.15) is 0 Å². The smallest absolute Gasteiger partial charge is 0.244 e. The number of hydrogen-bond acceptors (Lipinski definition) is 4. The number of benzene rings is 3. The van der Waals surface area contributed by atoms with E-state index in [0.717, 1.165) is 21.7 Å². The zero-order valence-electron chi connectivity index (χ0n) is 19.9. The van der Waals surface area contributed by atoms with E-state index in [9.17, 15) is 18.0 Å². The Labute approximate surface area is 225 Å². The van der Waals surface area contributed by atoms with E-state index in [1.807, 2.05) is 30.3 Å². The number of carbonyl (C=O) groups excluding carboxylic acids is 2. The van der Waals surface area contributed by atoms with Crippen LogP contribution in [0.4, 0.5) is 5.69 Å². The van der Waals surface area contributed by atoms with Gasteiger partial charge in [0.05, 0.1) is 11.9 Å². The number of halogens is 2. The molecule has 1 atom stereocenters. The van der Waals surface area contributed by atoms with Gasteiger partial charge in [-0.1, -0.05) is 76.1 Å². The third-order valence-electron chi connectivity index (χ3n) is 5.56. The van der Waals surface area contributed by atoms with E-state index >= 15 is 0 Å². The van der Waals surface area contributed by atoms with Gasteiger partial charge >= 0.3 is 0 Å². The van der Waals surface area contributed by atoms with E-state index in [1.165, 1.54) is 11.9 Å². The standard InChI is InChI=1S/C26H27BrClN3O4S/c1-29-26(33)24(15-19-7-4-3-5-8-19)30(17-20-11-13-22(28)14-12-20)25(32)18-31(36(2,34)35)23-10-6-9-21(27)16-23/h3-14,16,24H,15,17-18H2,1-2H3,(H,29,33). The molecule has 7 nitrogen and oxygen atoms in total. The number of nitrogens with one attached hydrogen (secondary N) is 1. The zero-order chi connectivity index (χ0) is 26.3. The normalized spacial score (nSPS) is 12.0. The molecule has 0 aliphatic rings. The Hall–Kier alpha value is -2.88. The molecule has 0 saturated heterocycles. The summed E-state index contributed by atoms with van der Waals surface area (Å²) in [7, 11) is -2.30. The van der Waals surface area contributed by atoms with Crippen molar-refractivity contribution in [3.05, 3.63) is 99.5 Å². The van der Waals surface area contributed by atoms with Crippen LogP contribution in [0.1, 0.15) is 11.1 Å². The topological polar surface area (TPSA) is 86.8 Å². The highest BCUT2D eigenvalue weighted by atomic mass is 79.9. The van der Waals surface area contributed by atoms with Crippen LogP contribution in [0.25, 0.3) is 0 Å². The summed E-state index contributed by atoms with van der Waals surface area (Å²) < 4.78 is 27.1. The first-order chi connectivity index (χ1) is 17.1. The number of hydrogen-bond donors (Lipinski definition) is 1. The fraction of sp³-hybridized carbons (Fsp3) is 0.231. The summed E-state index contributed by atoms with van der Waals surface area (Å²) >= 11 is 9.38. The molecule has 2 amide bonds. The molecule has 3 aromatic carbocycles. The third-order valence-corrected chi connectivity index (χ3v) is 7.44. The van der Waals surface area contributed by atoms with Crippen molar-refractivity contribution in [3.8, 4) is 0 Å². The Kier molecular flexibility index (Phi) is 9.53. The molecule has 0 aliphatic carbocycles. The maximum atomic E-state index is 13.8. The second kappa shape index (κ2) is 12.4. The van der Waals surface area contributed by atoms with Gasteiger partial charge in [-0.3, -0.25) is 13.9 Å². The maximum absolute atomic E-state index is 13.8. The lowest BCUT2D eigenvalue weighted by Gasteiger charge is -2.33. The monoisotopic (exact) mass is 591 g/mol. The summed E-state index contributed by atoms with van der Waals surface area (Å²) in [5, 5.41) is 3.19. The highest BCUT2D eigenvalue weighted by Gasteiger charge is 2.32. The van der Waals surface area contributed by atoms with Gasteiger partial charge in [-0.05, 0) is 41.5 Å². The van der Waals surface area contributed by atoms with Gasteiger partial charge in [-0.25, -0.2) is 8.42 Å². The summed E-state index contributed by atoms with van der Waals surface area (Å²) in [6, 6.07) is 22.1. The quantitative estimate of drug-likeness (QED) is 0.381. The SMILES string of the molecule is CNC(=O)C(Cc1ccccc1)N(Cc1ccc(Cl)cc1)C(=O)CN(c1cccc(Br)c1)S(C)(=O)=O. The van der Waals surface area contributed by atoms with Gasteiger partial charge in [0.25, 0.3) is 0 Å². The van der Waals surface area contributed by atoms with Crippen molar-refractivity contribution in [2.75, 3.05) is 24.2 Å². The highest BCUT2D eigenvalue weighted by molar-refractivity contribution is 9.10. The van der Waals surface area contributed by atoms with E-state index in [0.29, 0.717) is 15.2 Å². The van der Waals surface area contributed by atoms with Crippen LogP contribution in [-0.2, 0) is 32.6 Å². The van der Waals surface area contributed by atoms with Crippen LogP contribution in [0, 0.1) is 0 Å². The predicted octanol–water partition coefficient (Wildman–Crippen LogP) is 4.25. The Bertz CT molecular complexity index is 1300. The van der Waals surface area contributed by atoms with E-state index in [4.69, 9.17) is 11.6 Å². The van der Waals surface area contributed by atoms with Crippen molar-refractivity contribution in [1.82, 2.24) is 10.2 Å². The molecule has 190 valence electrons. The molecule has 0 radical (unpaired) electrons. The molecular weight excluding hydrogens is 566 g/mol. The van der Waals surface area contributed by atoms with Crippen LogP contribution in [0.15, 0.2) is 83.3 Å². The van der Waals surface area contributed by atoms with Gasteiger partial charge in [0.15, 0.2) is 0 Å². The lowest BCUT2D eigenvalue weighted by atomic mass is 10.0. The van der Waals surface area contributed by atoms with E-state index in [-0.39, 0.29) is 18.9 Å². The van der Waals surface area contributed by atoms with Crippen molar-refractivity contribution >= 4 is 55.1 Å². The minimum absolute atomic E-state index is 0.0943. The molecule has 0 heterocycles. The third kappa shape index (κ3) is 7.56. The highest BCUT2D eigenvalue weighted by Crippen LogP contribution is 2.23. The lowest BCUT2D eigenvalue weighted by Crippen LogP contribution is -2.52. The molecule has 10 heteroatoms. The van der Waals surface area contributed by atoms with Crippen molar-refractivity contribution in [2.24, 2.45) is 0 Å². The van der Waals surface area contributed by atoms with Crippen molar-refractivity contribution in [3.63, 3.8) is 0 Å².